The fraction of sp³-hybridized carbons (Fsp3) is 0.615. The maximum atomic E-state index is 12.2. The molecule has 1 unspecified atom stereocenters. The predicted octanol–water partition coefficient (Wildman–Crippen LogP) is 1.96. The van der Waals surface area contributed by atoms with Crippen molar-refractivity contribution >= 4 is 23.2 Å². The van der Waals surface area contributed by atoms with Gasteiger partial charge in [-0.25, -0.2) is 4.98 Å². The van der Waals surface area contributed by atoms with Crippen LogP contribution in [0.5, 0.6) is 0 Å². The Morgan fingerprint density at radius 2 is 2.16 bits per heavy atom. The van der Waals surface area contributed by atoms with E-state index < -0.39 is 5.97 Å². The molecule has 0 aliphatic rings. The van der Waals surface area contributed by atoms with Crippen LogP contribution >= 0.6 is 11.3 Å². The number of aliphatic carboxylic acids is 1. The first-order valence-corrected chi connectivity index (χ1v) is 7.30. The molecule has 1 amide bonds. The molecule has 0 aliphatic carbocycles. The second-order valence-electron chi connectivity index (χ2n) is 4.44. The highest BCUT2D eigenvalue weighted by Gasteiger charge is 2.22. The standard InChI is InChI=1S/C13H20N2O3S/c1-4-9(3)15(7-13(17)18)12(16)6-10-8-19-11(5-2)14-10/h8-9H,4-7H2,1-3H3,(H,17,18). The van der Waals surface area contributed by atoms with Crippen molar-refractivity contribution in [2.75, 3.05) is 6.54 Å². The van der Waals surface area contributed by atoms with Crippen molar-refractivity contribution in [3.63, 3.8) is 0 Å². The third-order valence-corrected chi connectivity index (χ3v) is 4.02. The maximum absolute atomic E-state index is 12.2. The second kappa shape index (κ2) is 7.23. The second-order valence-corrected chi connectivity index (χ2v) is 5.38. The zero-order valence-corrected chi connectivity index (χ0v) is 12.4. The molecule has 19 heavy (non-hydrogen) atoms. The van der Waals surface area contributed by atoms with Gasteiger partial charge < -0.3 is 10.0 Å². The van der Waals surface area contributed by atoms with Gasteiger partial charge in [0.25, 0.3) is 0 Å². The van der Waals surface area contributed by atoms with Crippen molar-refractivity contribution in [2.45, 2.75) is 46.1 Å². The van der Waals surface area contributed by atoms with Gasteiger partial charge in [0.15, 0.2) is 0 Å². The van der Waals surface area contributed by atoms with E-state index in [-0.39, 0.29) is 24.9 Å². The number of hydrogen-bond donors (Lipinski definition) is 1. The molecule has 6 heteroatoms. The maximum Gasteiger partial charge on any atom is 0.323 e. The minimum Gasteiger partial charge on any atom is -0.480 e. The van der Waals surface area contributed by atoms with Gasteiger partial charge in [-0.05, 0) is 19.8 Å². The summed E-state index contributed by atoms with van der Waals surface area (Å²) in [6.07, 6.45) is 1.76. The molecule has 0 saturated carbocycles. The monoisotopic (exact) mass is 284 g/mol. The topological polar surface area (TPSA) is 70.5 Å². The normalized spacial score (nSPS) is 12.2. The number of carbonyl (C=O) groups excluding carboxylic acids is 1. The number of hydrogen-bond acceptors (Lipinski definition) is 4. The van der Waals surface area contributed by atoms with Crippen LogP contribution in [0.25, 0.3) is 0 Å². The molecule has 106 valence electrons. The lowest BCUT2D eigenvalue weighted by molar-refractivity contribution is -0.145. The van der Waals surface area contributed by atoms with Gasteiger partial charge in [0, 0.05) is 11.4 Å². The molecular formula is C13H20N2O3S. The van der Waals surface area contributed by atoms with Crippen LogP contribution in [-0.2, 0) is 22.4 Å². The molecule has 0 saturated heterocycles. The number of amides is 1. The van der Waals surface area contributed by atoms with Crippen molar-refractivity contribution in [3.8, 4) is 0 Å². The Bertz CT molecular complexity index is 445. The highest BCUT2D eigenvalue weighted by molar-refractivity contribution is 7.09. The Balaban J connectivity index is 2.73. The molecule has 1 N–H and O–H groups in total. The molecule has 0 bridgehead atoms. The van der Waals surface area contributed by atoms with Crippen molar-refractivity contribution < 1.29 is 14.7 Å². The Kier molecular flexibility index (Phi) is 5.95. The molecule has 1 rings (SSSR count). The Morgan fingerprint density at radius 1 is 1.47 bits per heavy atom. The largest absolute Gasteiger partial charge is 0.480 e. The molecule has 1 aromatic heterocycles. The summed E-state index contributed by atoms with van der Waals surface area (Å²) in [5.74, 6) is -1.16. The van der Waals surface area contributed by atoms with E-state index in [0.717, 1.165) is 23.5 Å². The highest BCUT2D eigenvalue weighted by atomic mass is 32.1. The van der Waals surface area contributed by atoms with E-state index >= 15 is 0 Å². The number of carbonyl (C=O) groups is 2. The van der Waals surface area contributed by atoms with Crippen molar-refractivity contribution in [1.29, 1.82) is 0 Å². The van der Waals surface area contributed by atoms with Gasteiger partial charge in [-0.15, -0.1) is 11.3 Å². The van der Waals surface area contributed by atoms with E-state index in [9.17, 15) is 9.59 Å². The van der Waals surface area contributed by atoms with Crippen LogP contribution in [0.2, 0.25) is 0 Å². The van der Waals surface area contributed by atoms with E-state index in [2.05, 4.69) is 4.98 Å². The fourth-order valence-corrected chi connectivity index (χ4v) is 2.45. The van der Waals surface area contributed by atoms with Gasteiger partial charge in [-0.1, -0.05) is 13.8 Å². The summed E-state index contributed by atoms with van der Waals surface area (Å²) in [6, 6.07) is -0.0760. The number of thiazole rings is 1. The van der Waals surface area contributed by atoms with E-state index in [1.165, 1.54) is 16.2 Å². The highest BCUT2D eigenvalue weighted by Crippen LogP contribution is 2.13. The van der Waals surface area contributed by atoms with Crippen LogP contribution < -0.4 is 0 Å². The Labute approximate surface area is 117 Å². The molecule has 0 aliphatic heterocycles. The number of aromatic nitrogens is 1. The number of rotatable bonds is 7. The lowest BCUT2D eigenvalue weighted by Crippen LogP contribution is -2.42. The van der Waals surface area contributed by atoms with Crippen LogP contribution in [0.15, 0.2) is 5.38 Å². The van der Waals surface area contributed by atoms with Crippen LogP contribution in [0.4, 0.5) is 0 Å². The number of aryl methyl sites for hydroxylation is 1. The molecule has 0 aromatic carbocycles. The molecule has 5 nitrogen and oxygen atoms in total. The van der Waals surface area contributed by atoms with Crippen LogP contribution in [0.1, 0.15) is 37.9 Å². The average molecular weight is 284 g/mol. The molecule has 0 spiro atoms. The summed E-state index contributed by atoms with van der Waals surface area (Å²) in [5, 5.41) is 11.7. The van der Waals surface area contributed by atoms with Gasteiger partial charge in [-0.3, -0.25) is 9.59 Å². The summed E-state index contributed by atoms with van der Waals surface area (Å²) >= 11 is 1.53. The molecule has 1 atom stereocenters. The first kappa shape index (κ1) is 15.6. The Hall–Kier alpha value is -1.43. The summed E-state index contributed by atoms with van der Waals surface area (Å²) in [4.78, 5) is 28.8. The smallest absolute Gasteiger partial charge is 0.323 e. The molecule has 0 radical (unpaired) electrons. The first-order valence-electron chi connectivity index (χ1n) is 6.42. The van der Waals surface area contributed by atoms with E-state index in [1.54, 1.807) is 0 Å². The molecule has 1 aromatic rings. The van der Waals surface area contributed by atoms with Crippen molar-refractivity contribution in [1.82, 2.24) is 9.88 Å². The van der Waals surface area contributed by atoms with Crippen LogP contribution in [-0.4, -0.2) is 39.5 Å². The summed E-state index contributed by atoms with van der Waals surface area (Å²) in [6.45, 7) is 5.56. The zero-order valence-electron chi connectivity index (χ0n) is 11.5. The minimum atomic E-state index is -0.985. The first-order chi connectivity index (χ1) is 8.97. The van der Waals surface area contributed by atoms with E-state index in [1.807, 2.05) is 26.2 Å². The molecular weight excluding hydrogens is 264 g/mol. The zero-order chi connectivity index (χ0) is 14.4. The van der Waals surface area contributed by atoms with E-state index in [0.29, 0.717) is 0 Å². The lowest BCUT2D eigenvalue weighted by atomic mass is 10.2. The van der Waals surface area contributed by atoms with Gasteiger partial charge in [0.1, 0.15) is 6.54 Å². The Morgan fingerprint density at radius 3 is 2.63 bits per heavy atom. The lowest BCUT2D eigenvalue weighted by Gasteiger charge is -2.26. The van der Waals surface area contributed by atoms with Crippen molar-refractivity contribution in [3.05, 3.63) is 16.1 Å². The van der Waals surface area contributed by atoms with Gasteiger partial charge in [0.05, 0.1) is 17.1 Å². The number of nitrogens with zero attached hydrogens (tertiary/aromatic N) is 2. The van der Waals surface area contributed by atoms with Gasteiger partial charge in [-0.2, -0.15) is 0 Å². The third kappa shape index (κ3) is 4.63. The van der Waals surface area contributed by atoms with Crippen molar-refractivity contribution in [2.24, 2.45) is 0 Å². The van der Waals surface area contributed by atoms with Gasteiger partial charge >= 0.3 is 5.97 Å². The molecule has 0 fully saturated rings. The average Bonchev–Trinajstić information content (AvgIpc) is 2.82. The summed E-state index contributed by atoms with van der Waals surface area (Å²) < 4.78 is 0. The summed E-state index contributed by atoms with van der Waals surface area (Å²) in [7, 11) is 0. The predicted molar refractivity (Wildman–Crippen MR) is 74.3 cm³/mol. The van der Waals surface area contributed by atoms with Gasteiger partial charge in [0.2, 0.25) is 5.91 Å². The quantitative estimate of drug-likeness (QED) is 0.831. The SMILES string of the molecule is CCc1nc(CC(=O)N(CC(=O)O)C(C)CC)cs1. The third-order valence-electron chi connectivity index (χ3n) is 2.98. The fourth-order valence-electron chi connectivity index (χ4n) is 1.70. The number of carboxylic acids is 1. The van der Waals surface area contributed by atoms with Crippen LogP contribution in [0.3, 0.4) is 0 Å². The minimum absolute atomic E-state index is 0.0760. The summed E-state index contributed by atoms with van der Waals surface area (Å²) in [5.41, 5.74) is 0.727. The number of carboxylic acid groups (broad SMARTS) is 1. The van der Waals surface area contributed by atoms with Crippen LogP contribution in [0, 0.1) is 0 Å². The van der Waals surface area contributed by atoms with E-state index in [4.69, 9.17) is 5.11 Å². The molecule has 1 heterocycles.